The minimum Gasteiger partial charge on any atom is -0.511 e. The van der Waals surface area contributed by atoms with E-state index in [0.717, 1.165) is 4.90 Å². The number of aliphatic hydroxyl groups is 2. The second-order valence-electron chi connectivity index (χ2n) is 5.96. The summed E-state index contributed by atoms with van der Waals surface area (Å²) in [7, 11) is 0. The summed E-state index contributed by atoms with van der Waals surface area (Å²) in [6.45, 7) is 6.50. The highest BCUT2D eigenvalue weighted by Gasteiger charge is 2.24. The molecule has 0 saturated heterocycles. The van der Waals surface area contributed by atoms with E-state index in [9.17, 15) is 15.0 Å². The third-order valence-electron chi connectivity index (χ3n) is 2.51. The van der Waals surface area contributed by atoms with Crippen molar-refractivity contribution in [1.29, 1.82) is 0 Å². The average molecular weight is 408 g/mol. The van der Waals surface area contributed by atoms with Crippen LogP contribution in [-0.2, 0) is 4.74 Å². The molecule has 2 N–H and O–H groups in total. The van der Waals surface area contributed by atoms with E-state index in [4.69, 9.17) is 16.3 Å². The number of hydrogen-bond acceptors (Lipinski definition) is 5. The van der Waals surface area contributed by atoms with Gasteiger partial charge in [0, 0.05) is 6.20 Å². The summed E-state index contributed by atoms with van der Waals surface area (Å²) in [4.78, 5) is 17.2. The zero-order valence-electron chi connectivity index (χ0n) is 13.4. The fourth-order valence-electron chi connectivity index (χ4n) is 1.69. The first-order chi connectivity index (χ1) is 10.5. The predicted octanol–water partition coefficient (Wildman–Crippen LogP) is 4.19. The number of pyridine rings is 1. The summed E-state index contributed by atoms with van der Waals surface area (Å²) in [5.41, 5.74) is -0.213. The number of aromatic nitrogens is 1. The van der Waals surface area contributed by atoms with Crippen LogP contribution in [0, 0.1) is 0 Å². The van der Waals surface area contributed by atoms with E-state index < -0.39 is 17.8 Å². The highest BCUT2D eigenvalue weighted by Crippen LogP contribution is 2.22. The Bertz CT molecular complexity index is 577. The van der Waals surface area contributed by atoms with Crippen molar-refractivity contribution in [1.82, 2.24) is 9.88 Å². The molecule has 0 radical (unpaired) electrons. The van der Waals surface area contributed by atoms with Gasteiger partial charge in [0.1, 0.15) is 21.1 Å². The lowest BCUT2D eigenvalue weighted by Gasteiger charge is -2.26. The molecule has 0 saturated carbocycles. The summed E-state index contributed by atoms with van der Waals surface area (Å²) in [6, 6.07) is 3.10. The largest absolute Gasteiger partial charge is 0.511 e. The topological polar surface area (TPSA) is 82.9 Å². The van der Waals surface area contributed by atoms with Gasteiger partial charge in [0.2, 0.25) is 0 Å². The van der Waals surface area contributed by atoms with Crippen molar-refractivity contribution in [2.75, 3.05) is 6.54 Å². The SMILES string of the molecule is C/C(O)=C/N(CC(O)c1cc(Cl)nc(Br)c1)C(=O)OC(C)(C)C. The van der Waals surface area contributed by atoms with Crippen LogP contribution in [0.4, 0.5) is 4.79 Å². The van der Waals surface area contributed by atoms with Crippen LogP contribution in [0.2, 0.25) is 5.15 Å². The molecule has 128 valence electrons. The lowest BCUT2D eigenvalue weighted by Crippen LogP contribution is -2.36. The van der Waals surface area contributed by atoms with Crippen LogP contribution in [-0.4, -0.2) is 38.3 Å². The Morgan fingerprint density at radius 2 is 2.13 bits per heavy atom. The monoisotopic (exact) mass is 406 g/mol. The van der Waals surface area contributed by atoms with Gasteiger partial charge in [-0.25, -0.2) is 9.78 Å². The van der Waals surface area contributed by atoms with Gasteiger partial charge >= 0.3 is 6.09 Å². The van der Waals surface area contributed by atoms with Gasteiger partial charge in [-0.15, -0.1) is 0 Å². The molecular weight excluding hydrogens is 388 g/mol. The highest BCUT2D eigenvalue weighted by molar-refractivity contribution is 9.10. The van der Waals surface area contributed by atoms with E-state index in [1.54, 1.807) is 26.8 Å². The van der Waals surface area contributed by atoms with Crippen molar-refractivity contribution in [3.8, 4) is 0 Å². The van der Waals surface area contributed by atoms with Gasteiger partial charge in [0.15, 0.2) is 0 Å². The third kappa shape index (κ3) is 7.20. The number of aliphatic hydroxyl groups excluding tert-OH is 2. The van der Waals surface area contributed by atoms with E-state index in [-0.39, 0.29) is 17.5 Å². The second-order valence-corrected chi connectivity index (χ2v) is 7.16. The standard InChI is InChI=1S/C15H20BrClN2O4/c1-9(20)7-19(14(22)23-15(2,3)4)8-11(21)10-5-12(16)18-13(17)6-10/h5-7,11,20-21H,8H2,1-4H3/b9-7-. The van der Waals surface area contributed by atoms with Gasteiger partial charge in [-0.05, 0) is 61.3 Å². The maximum Gasteiger partial charge on any atom is 0.414 e. The highest BCUT2D eigenvalue weighted by atomic mass is 79.9. The second kappa shape index (κ2) is 7.99. The lowest BCUT2D eigenvalue weighted by atomic mass is 10.1. The van der Waals surface area contributed by atoms with Gasteiger partial charge in [-0.1, -0.05) is 11.6 Å². The number of rotatable bonds is 4. The smallest absolute Gasteiger partial charge is 0.414 e. The van der Waals surface area contributed by atoms with Crippen LogP contribution in [0.25, 0.3) is 0 Å². The molecular formula is C15H20BrClN2O4. The molecule has 6 nitrogen and oxygen atoms in total. The van der Waals surface area contributed by atoms with Crippen LogP contribution in [0.3, 0.4) is 0 Å². The Hall–Kier alpha value is -1.31. The Balaban J connectivity index is 2.96. The molecule has 1 amide bonds. The maximum absolute atomic E-state index is 12.2. The maximum atomic E-state index is 12.2. The quantitative estimate of drug-likeness (QED) is 0.578. The Kier molecular flexibility index (Phi) is 6.85. The number of ether oxygens (including phenoxy) is 1. The number of allylic oxidation sites excluding steroid dienone is 1. The van der Waals surface area contributed by atoms with E-state index in [2.05, 4.69) is 20.9 Å². The molecule has 1 heterocycles. The molecule has 1 aromatic rings. The van der Waals surface area contributed by atoms with Crippen molar-refractivity contribution < 1.29 is 19.7 Å². The molecule has 8 heteroatoms. The lowest BCUT2D eigenvalue weighted by molar-refractivity contribution is 0.0243. The zero-order valence-corrected chi connectivity index (χ0v) is 15.7. The molecule has 0 bridgehead atoms. The Labute approximate surface area is 148 Å². The minimum atomic E-state index is -1.03. The number of nitrogens with zero attached hydrogens (tertiary/aromatic N) is 2. The molecule has 0 spiro atoms. The number of halogens is 2. The number of amides is 1. The summed E-state index contributed by atoms with van der Waals surface area (Å²) < 4.78 is 5.73. The van der Waals surface area contributed by atoms with Crippen LogP contribution in [0.1, 0.15) is 39.4 Å². The minimum absolute atomic E-state index is 0.0861. The van der Waals surface area contributed by atoms with Gasteiger partial charge in [-0.3, -0.25) is 4.90 Å². The zero-order chi connectivity index (χ0) is 17.8. The fraction of sp³-hybridized carbons (Fsp3) is 0.467. The molecule has 1 unspecified atom stereocenters. The van der Waals surface area contributed by atoms with E-state index >= 15 is 0 Å². The summed E-state index contributed by atoms with van der Waals surface area (Å²) >= 11 is 9.05. The summed E-state index contributed by atoms with van der Waals surface area (Å²) in [5.74, 6) is -0.0861. The summed E-state index contributed by atoms with van der Waals surface area (Å²) in [5, 5.41) is 20.0. The number of carbonyl (C=O) groups excluding carboxylic acids is 1. The molecule has 0 aliphatic rings. The average Bonchev–Trinajstić information content (AvgIpc) is 2.33. The molecule has 1 rings (SSSR count). The Morgan fingerprint density at radius 1 is 1.52 bits per heavy atom. The first-order valence-electron chi connectivity index (χ1n) is 6.86. The van der Waals surface area contributed by atoms with Gasteiger partial charge < -0.3 is 14.9 Å². The van der Waals surface area contributed by atoms with Crippen molar-refractivity contribution >= 4 is 33.6 Å². The normalized spacial score (nSPS) is 13.6. The third-order valence-corrected chi connectivity index (χ3v) is 3.11. The summed E-state index contributed by atoms with van der Waals surface area (Å²) in [6.07, 6.45) is -0.506. The van der Waals surface area contributed by atoms with Crippen LogP contribution < -0.4 is 0 Å². The van der Waals surface area contributed by atoms with Crippen LogP contribution >= 0.6 is 27.5 Å². The molecule has 0 aliphatic heterocycles. The fourth-order valence-corrected chi connectivity index (χ4v) is 2.47. The number of carbonyl (C=O) groups is 1. The van der Waals surface area contributed by atoms with E-state index in [1.165, 1.54) is 19.2 Å². The van der Waals surface area contributed by atoms with E-state index in [0.29, 0.717) is 10.2 Å². The molecule has 0 fully saturated rings. The molecule has 1 atom stereocenters. The van der Waals surface area contributed by atoms with Gasteiger partial charge in [0.25, 0.3) is 0 Å². The Morgan fingerprint density at radius 3 is 2.61 bits per heavy atom. The van der Waals surface area contributed by atoms with Gasteiger partial charge in [0.05, 0.1) is 12.6 Å². The van der Waals surface area contributed by atoms with Crippen LogP contribution in [0.5, 0.6) is 0 Å². The first-order valence-corrected chi connectivity index (χ1v) is 8.03. The van der Waals surface area contributed by atoms with Gasteiger partial charge in [-0.2, -0.15) is 0 Å². The van der Waals surface area contributed by atoms with Crippen LogP contribution in [0.15, 0.2) is 28.7 Å². The van der Waals surface area contributed by atoms with E-state index in [1.807, 2.05) is 0 Å². The predicted molar refractivity (Wildman–Crippen MR) is 91.2 cm³/mol. The van der Waals surface area contributed by atoms with Crippen molar-refractivity contribution in [3.05, 3.63) is 39.4 Å². The first kappa shape index (κ1) is 19.7. The molecule has 1 aromatic heterocycles. The van der Waals surface area contributed by atoms with Crippen molar-refractivity contribution in [3.63, 3.8) is 0 Å². The molecule has 23 heavy (non-hydrogen) atoms. The molecule has 0 aliphatic carbocycles. The van der Waals surface area contributed by atoms with Crippen molar-refractivity contribution in [2.45, 2.75) is 39.4 Å². The van der Waals surface area contributed by atoms with Crippen molar-refractivity contribution in [2.24, 2.45) is 0 Å². The molecule has 0 aromatic carbocycles. The number of hydrogen-bond donors (Lipinski definition) is 2.